The van der Waals surface area contributed by atoms with Gasteiger partial charge in [0.15, 0.2) is 0 Å². The molecule has 5 nitrogen and oxygen atoms in total. The minimum Gasteiger partial charge on any atom is -0.346 e. The summed E-state index contributed by atoms with van der Waals surface area (Å²) in [7, 11) is 0. The molecular formula is C8H8N4O. The van der Waals surface area contributed by atoms with Gasteiger partial charge in [0.05, 0.1) is 0 Å². The number of hydrogen-bond acceptors (Lipinski definition) is 3. The monoisotopic (exact) mass is 176 g/mol. The molecule has 2 N–H and O–H groups in total. The molecule has 13 heavy (non-hydrogen) atoms. The van der Waals surface area contributed by atoms with Crippen molar-refractivity contribution in [3.05, 3.63) is 18.5 Å². The Morgan fingerprint density at radius 2 is 2.46 bits per heavy atom. The molecule has 2 aromatic rings. The van der Waals surface area contributed by atoms with Crippen LogP contribution in [0, 0.1) is 0 Å². The molecular weight excluding hydrogens is 168 g/mol. The van der Waals surface area contributed by atoms with E-state index in [1.807, 2.05) is 6.07 Å². The van der Waals surface area contributed by atoms with E-state index in [1.54, 1.807) is 12.4 Å². The minimum absolute atomic E-state index is 0.175. The van der Waals surface area contributed by atoms with Crippen LogP contribution in [0.5, 0.6) is 0 Å². The van der Waals surface area contributed by atoms with Crippen molar-refractivity contribution in [2.24, 2.45) is 0 Å². The zero-order chi connectivity index (χ0) is 9.26. The van der Waals surface area contributed by atoms with Crippen LogP contribution in [-0.4, -0.2) is 20.9 Å². The molecule has 0 aliphatic rings. The Morgan fingerprint density at radius 1 is 1.62 bits per heavy atom. The van der Waals surface area contributed by atoms with Gasteiger partial charge in [-0.2, -0.15) is 4.98 Å². The molecule has 2 aromatic heterocycles. The number of carbonyl (C=O) groups excluding carboxylic acids is 1. The maximum absolute atomic E-state index is 10.7. The summed E-state index contributed by atoms with van der Waals surface area (Å²) in [6.45, 7) is 1.42. The highest BCUT2D eigenvalue weighted by molar-refractivity contribution is 5.87. The van der Waals surface area contributed by atoms with Crippen LogP contribution in [-0.2, 0) is 4.79 Å². The molecule has 2 heterocycles. The molecule has 0 spiro atoms. The number of nitrogens with one attached hydrogen (secondary N) is 2. The van der Waals surface area contributed by atoms with Crippen LogP contribution >= 0.6 is 0 Å². The van der Waals surface area contributed by atoms with E-state index in [0.29, 0.717) is 5.95 Å². The van der Waals surface area contributed by atoms with Crippen molar-refractivity contribution in [3.8, 4) is 0 Å². The molecule has 0 aliphatic heterocycles. The van der Waals surface area contributed by atoms with Crippen molar-refractivity contribution in [1.82, 2.24) is 15.0 Å². The number of aromatic nitrogens is 3. The lowest BCUT2D eigenvalue weighted by Crippen LogP contribution is -2.08. The van der Waals surface area contributed by atoms with Crippen molar-refractivity contribution in [3.63, 3.8) is 0 Å². The molecule has 5 heteroatoms. The van der Waals surface area contributed by atoms with Crippen molar-refractivity contribution >= 4 is 22.9 Å². The maximum Gasteiger partial charge on any atom is 0.231 e. The van der Waals surface area contributed by atoms with E-state index in [9.17, 15) is 4.79 Å². The van der Waals surface area contributed by atoms with Crippen molar-refractivity contribution < 1.29 is 4.79 Å². The van der Waals surface area contributed by atoms with Gasteiger partial charge in [0.25, 0.3) is 0 Å². The summed E-state index contributed by atoms with van der Waals surface area (Å²) in [4.78, 5) is 21.6. The van der Waals surface area contributed by atoms with E-state index in [4.69, 9.17) is 0 Å². The SMILES string of the molecule is CC(=O)Nc1ncc2cc[nH]c2n1. The van der Waals surface area contributed by atoms with Gasteiger partial charge < -0.3 is 4.98 Å². The normalized spacial score (nSPS) is 10.2. The van der Waals surface area contributed by atoms with Crippen LogP contribution in [0.15, 0.2) is 18.5 Å². The Hall–Kier alpha value is -1.91. The molecule has 0 bridgehead atoms. The summed E-state index contributed by atoms with van der Waals surface area (Å²) in [5.74, 6) is 0.147. The quantitative estimate of drug-likeness (QED) is 0.678. The Labute approximate surface area is 74.2 Å². The number of carbonyl (C=O) groups is 1. The number of amides is 1. The zero-order valence-corrected chi connectivity index (χ0v) is 7.03. The molecule has 0 aromatic carbocycles. The summed E-state index contributed by atoms with van der Waals surface area (Å²) < 4.78 is 0. The number of rotatable bonds is 1. The van der Waals surface area contributed by atoms with E-state index in [2.05, 4.69) is 20.3 Å². The molecule has 0 saturated heterocycles. The smallest absolute Gasteiger partial charge is 0.231 e. The number of fused-ring (bicyclic) bond motifs is 1. The lowest BCUT2D eigenvalue weighted by atomic mass is 10.4. The highest BCUT2D eigenvalue weighted by Gasteiger charge is 2.00. The van der Waals surface area contributed by atoms with Gasteiger partial charge in [-0.05, 0) is 6.07 Å². The summed E-state index contributed by atoms with van der Waals surface area (Å²) >= 11 is 0. The Bertz CT molecular complexity index is 448. The zero-order valence-electron chi connectivity index (χ0n) is 7.03. The summed E-state index contributed by atoms with van der Waals surface area (Å²) in [5, 5.41) is 3.43. The predicted molar refractivity (Wildman–Crippen MR) is 48.2 cm³/mol. The first-order chi connectivity index (χ1) is 6.25. The van der Waals surface area contributed by atoms with Gasteiger partial charge in [0.2, 0.25) is 11.9 Å². The highest BCUT2D eigenvalue weighted by atomic mass is 16.1. The van der Waals surface area contributed by atoms with Crippen molar-refractivity contribution in [2.45, 2.75) is 6.92 Å². The number of hydrogen-bond donors (Lipinski definition) is 2. The van der Waals surface area contributed by atoms with E-state index in [-0.39, 0.29) is 5.91 Å². The lowest BCUT2D eigenvalue weighted by Gasteiger charge is -1.98. The fourth-order valence-corrected chi connectivity index (χ4v) is 1.06. The van der Waals surface area contributed by atoms with Gasteiger partial charge in [-0.15, -0.1) is 0 Å². The number of nitrogens with zero attached hydrogens (tertiary/aromatic N) is 2. The van der Waals surface area contributed by atoms with Gasteiger partial charge >= 0.3 is 0 Å². The van der Waals surface area contributed by atoms with Gasteiger partial charge in [-0.25, -0.2) is 4.98 Å². The molecule has 2 rings (SSSR count). The first-order valence-corrected chi connectivity index (χ1v) is 3.83. The summed E-state index contributed by atoms with van der Waals surface area (Å²) in [5.41, 5.74) is 0.721. The number of H-pyrrole nitrogens is 1. The molecule has 0 aliphatic carbocycles. The standard InChI is InChI=1S/C8H8N4O/c1-5(13)11-8-10-4-6-2-3-9-7(6)12-8/h2-4H,1H3,(H2,9,10,11,12,13). The van der Waals surface area contributed by atoms with Crippen LogP contribution in [0.25, 0.3) is 11.0 Å². The van der Waals surface area contributed by atoms with E-state index in [1.165, 1.54) is 6.92 Å². The first kappa shape index (κ1) is 7.72. The van der Waals surface area contributed by atoms with Gasteiger partial charge in [-0.1, -0.05) is 0 Å². The van der Waals surface area contributed by atoms with E-state index < -0.39 is 0 Å². The van der Waals surface area contributed by atoms with Crippen LogP contribution in [0.4, 0.5) is 5.95 Å². The number of aromatic amines is 1. The molecule has 0 saturated carbocycles. The Kier molecular flexibility index (Phi) is 1.70. The van der Waals surface area contributed by atoms with Crippen LogP contribution in [0.2, 0.25) is 0 Å². The second-order valence-electron chi connectivity index (χ2n) is 2.66. The van der Waals surface area contributed by atoms with Crippen molar-refractivity contribution in [1.29, 1.82) is 0 Å². The average molecular weight is 176 g/mol. The predicted octanol–water partition coefficient (Wildman–Crippen LogP) is 0.916. The first-order valence-electron chi connectivity index (χ1n) is 3.83. The molecule has 1 amide bonds. The molecule has 0 fully saturated rings. The largest absolute Gasteiger partial charge is 0.346 e. The third-order valence-electron chi connectivity index (χ3n) is 1.59. The summed E-state index contributed by atoms with van der Waals surface area (Å²) in [6.07, 6.45) is 3.43. The average Bonchev–Trinajstić information content (AvgIpc) is 2.49. The van der Waals surface area contributed by atoms with Crippen LogP contribution < -0.4 is 5.32 Å². The van der Waals surface area contributed by atoms with E-state index in [0.717, 1.165) is 11.0 Å². The molecule has 66 valence electrons. The van der Waals surface area contributed by atoms with E-state index >= 15 is 0 Å². The lowest BCUT2D eigenvalue weighted by molar-refractivity contribution is -0.114. The highest BCUT2D eigenvalue weighted by Crippen LogP contribution is 2.09. The Balaban J connectivity index is 2.42. The van der Waals surface area contributed by atoms with Gasteiger partial charge in [0, 0.05) is 24.7 Å². The molecule has 0 radical (unpaired) electrons. The topological polar surface area (TPSA) is 70.7 Å². The third-order valence-corrected chi connectivity index (χ3v) is 1.59. The third kappa shape index (κ3) is 1.48. The van der Waals surface area contributed by atoms with Gasteiger partial charge in [0.1, 0.15) is 5.65 Å². The second-order valence-corrected chi connectivity index (χ2v) is 2.66. The maximum atomic E-state index is 10.7. The fraction of sp³-hybridized carbons (Fsp3) is 0.125. The van der Waals surface area contributed by atoms with Crippen LogP contribution in [0.1, 0.15) is 6.92 Å². The van der Waals surface area contributed by atoms with Crippen molar-refractivity contribution in [2.75, 3.05) is 5.32 Å². The van der Waals surface area contributed by atoms with Crippen LogP contribution in [0.3, 0.4) is 0 Å². The molecule has 0 atom stereocenters. The Morgan fingerprint density at radius 3 is 3.23 bits per heavy atom. The second kappa shape index (κ2) is 2.85. The van der Waals surface area contributed by atoms with Gasteiger partial charge in [-0.3, -0.25) is 10.1 Å². The molecule has 0 unspecified atom stereocenters. The number of anilines is 1. The fourth-order valence-electron chi connectivity index (χ4n) is 1.06. The minimum atomic E-state index is -0.175. The summed E-state index contributed by atoms with van der Waals surface area (Å²) in [6, 6.07) is 1.87.